The van der Waals surface area contributed by atoms with E-state index >= 15 is 0 Å². The third-order valence-electron chi connectivity index (χ3n) is 3.00. The number of nitrogens with two attached hydrogens (primary N) is 1. The SMILES string of the molecule is NCc1cnc(Cl)c(C2CCCCC2)n1. The molecule has 1 aromatic rings. The molecular formula is C11H16ClN3. The molecule has 1 aliphatic carbocycles. The van der Waals surface area contributed by atoms with Crippen molar-refractivity contribution in [2.45, 2.75) is 44.6 Å². The summed E-state index contributed by atoms with van der Waals surface area (Å²) in [5.41, 5.74) is 7.34. The second kappa shape index (κ2) is 4.90. The first-order chi connectivity index (χ1) is 7.31. The maximum Gasteiger partial charge on any atom is 0.150 e. The highest BCUT2D eigenvalue weighted by Crippen LogP contribution is 2.34. The summed E-state index contributed by atoms with van der Waals surface area (Å²) in [7, 11) is 0. The van der Waals surface area contributed by atoms with Gasteiger partial charge in [-0.3, -0.25) is 4.98 Å². The third kappa shape index (κ3) is 2.47. The molecule has 3 nitrogen and oxygen atoms in total. The summed E-state index contributed by atoms with van der Waals surface area (Å²) >= 11 is 6.07. The van der Waals surface area contributed by atoms with Gasteiger partial charge in [0.15, 0.2) is 5.15 Å². The van der Waals surface area contributed by atoms with Crippen molar-refractivity contribution in [1.82, 2.24) is 9.97 Å². The molecule has 1 aromatic heterocycles. The summed E-state index contributed by atoms with van der Waals surface area (Å²) < 4.78 is 0. The Morgan fingerprint density at radius 1 is 1.33 bits per heavy atom. The lowest BCUT2D eigenvalue weighted by atomic mass is 9.87. The van der Waals surface area contributed by atoms with Gasteiger partial charge in [0.1, 0.15) is 0 Å². The summed E-state index contributed by atoms with van der Waals surface area (Å²) in [6, 6.07) is 0. The van der Waals surface area contributed by atoms with Crippen molar-refractivity contribution in [3.05, 3.63) is 22.7 Å². The van der Waals surface area contributed by atoms with E-state index in [2.05, 4.69) is 9.97 Å². The molecule has 1 aliphatic rings. The lowest BCUT2D eigenvalue weighted by Crippen LogP contribution is -2.11. The van der Waals surface area contributed by atoms with Crippen LogP contribution in [0.15, 0.2) is 6.20 Å². The zero-order chi connectivity index (χ0) is 10.7. The predicted octanol–water partition coefficient (Wildman–Crippen LogP) is 2.64. The zero-order valence-electron chi connectivity index (χ0n) is 8.75. The lowest BCUT2D eigenvalue weighted by molar-refractivity contribution is 0.435. The quantitative estimate of drug-likeness (QED) is 0.842. The van der Waals surface area contributed by atoms with Gasteiger partial charge in [-0.05, 0) is 12.8 Å². The molecule has 82 valence electrons. The van der Waals surface area contributed by atoms with Crippen molar-refractivity contribution in [2.75, 3.05) is 0 Å². The molecule has 1 heterocycles. The van der Waals surface area contributed by atoms with Crippen LogP contribution in [0.1, 0.15) is 49.4 Å². The zero-order valence-corrected chi connectivity index (χ0v) is 9.50. The van der Waals surface area contributed by atoms with Crippen LogP contribution in [0.2, 0.25) is 5.15 Å². The summed E-state index contributed by atoms with van der Waals surface area (Å²) in [5, 5.41) is 0.555. The largest absolute Gasteiger partial charge is 0.325 e. The number of halogens is 1. The third-order valence-corrected chi connectivity index (χ3v) is 3.29. The van der Waals surface area contributed by atoms with Gasteiger partial charge in [0.2, 0.25) is 0 Å². The lowest BCUT2D eigenvalue weighted by Gasteiger charge is -2.21. The van der Waals surface area contributed by atoms with Crippen molar-refractivity contribution >= 4 is 11.6 Å². The van der Waals surface area contributed by atoms with E-state index in [4.69, 9.17) is 17.3 Å². The molecule has 0 unspecified atom stereocenters. The highest BCUT2D eigenvalue weighted by molar-refractivity contribution is 6.30. The van der Waals surface area contributed by atoms with Gasteiger partial charge in [0.25, 0.3) is 0 Å². The Hall–Kier alpha value is -0.670. The number of aromatic nitrogens is 2. The van der Waals surface area contributed by atoms with Crippen LogP contribution in [0.3, 0.4) is 0 Å². The van der Waals surface area contributed by atoms with E-state index in [1.807, 2.05) is 0 Å². The molecular weight excluding hydrogens is 210 g/mol. The number of nitrogens with zero attached hydrogens (tertiary/aromatic N) is 2. The monoisotopic (exact) mass is 225 g/mol. The Morgan fingerprint density at radius 3 is 2.73 bits per heavy atom. The first kappa shape index (κ1) is 10.8. The fourth-order valence-electron chi connectivity index (χ4n) is 2.16. The summed E-state index contributed by atoms with van der Waals surface area (Å²) in [6.07, 6.45) is 7.91. The Balaban J connectivity index is 2.24. The topological polar surface area (TPSA) is 51.8 Å². The Morgan fingerprint density at radius 2 is 2.07 bits per heavy atom. The normalized spacial score (nSPS) is 18.0. The van der Waals surface area contributed by atoms with E-state index in [0.717, 1.165) is 11.4 Å². The van der Waals surface area contributed by atoms with Crippen LogP contribution >= 0.6 is 11.6 Å². The first-order valence-electron chi connectivity index (χ1n) is 5.52. The van der Waals surface area contributed by atoms with Crippen molar-refractivity contribution in [3.8, 4) is 0 Å². The van der Waals surface area contributed by atoms with Crippen molar-refractivity contribution < 1.29 is 0 Å². The molecule has 2 rings (SSSR count). The Kier molecular flexibility index (Phi) is 3.54. The summed E-state index contributed by atoms with van der Waals surface area (Å²) in [6.45, 7) is 0.434. The predicted molar refractivity (Wildman–Crippen MR) is 60.8 cm³/mol. The second-order valence-electron chi connectivity index (χ2n) is 4.08. The van der Waals surface area contributed by atoms with E-state index < -0.39 is 0 Å². The second-order valence-corrected chi connectivity index (χ2v) is 4.43. The molecule has 0 amide bonds. The van der Waals surface area contributed by atoms with Crippen molar-refractivity contribution in [2.24, 2.45) is 5.73 Å². The maximum absolute atomic E-state index is 6.07. The minimum Gasteiger partial charge on any atom is -0.325 e. The smallest absolute Gasteiger partial charge is 0.150 e. The molecule has 0 aliphatic heterocycles. The van der Waals surface area contributed by atoms with Crippen LogP contribution in [0.25, 0.3) is 0 Å². The van der Waals surface area contributed by atoms with Gasteiger partial charge in [-0.1, -0.05) is 30.9 Å². The fourth-order valence-corrected chi connectivity index (χ4v) is 2.41. The van der Waals surface area contributed by atoms with Crippen molar-refractivity contribution in [1.29, 1.82) is 0 Å². The summed E-state index contributed by atoms with van der Waals surface area (Å²) in [4.78, 5) is 8.64. The molecule has 4 heteroatoms. The Bertz CT molecular complexity index is 335. The molecule has 1 fully saturated rings. The van der Waals surface area contributed by atoms with Gasteiger partial charge in [0, 0.05) is 12.5 Å². The number of rotatable bonds is 2. The minimum atomic E-state index is 0.434. The highest BCUT2D eigenvalue weighted by atomic mass is 35.5. The van der Waals surface area contributed by atoms with Gasteiger partial charge < -0.3 is 5.73 Å². The van der Waals surface area contributed by atoms with Gasteiger partial charge in [-0.2, -0.15) is 0 Å². The fraction of sp³-hybridized carbons (Fsp3) is 0.636. The first-order valence-corrected chi connectivity index (χ1v) is 5.90. The average molecular weight is 226 g/mol. The Labute approximate surface area is 95.1 Å². The van der Waals surface area contributed by atoms with Crippen LogP contribution < -0.4 is 5.73 Å². The standard InChI is InChI=1S/C11H16ClN3/c12-11-10(8-4-2-1-3-5-8)15-9(6-13)7-14-11/h7-8H,1-6,13H2. The summed E-state index contributed by atoms with van der Waals surface area (Å²) in [5.74, 6) is 0.491. The van der Waals surface area contributed by atoms with Gasteiger partial charge >= 0.3 is 0 Å². The molecule has 0 atom stereocenters. The molecule has 0 aromatic carbocycles. The van der Waals surface area contributed by atoms with Gasteiger partial charge in [-0.15, -0.1) is 0 Å². The van der Waals surface area contributed by atoms with Crippen LogP contribution in [0.5, 0.6) is 0 Å². The average Bonchev–Trinajstić information content (AvgIpc) is 2.31. The molecule has 1 saturated carbocycles. The van der Waals surface area contributed by atoms with E-state index in [9.17, 15) is 0 Å². The highest BCUT2D eigenvalue weighted by Gasteiger charge is 2.20. The van der Waals surface area contributed by atoms with E-state index in [1.54, 1.807) is 6.20 Å². The number of hydrogen-bond donors (Lipinski definition) is 1. The van der Waals surface area contributed by atoms with Gasteiger partial charge in [0.05, 0.1) is 17.6 Å². The van der Waals surface area contributed by atoms with Crippen LogP contribution in [-0.4, -0.2) is 9.97 Å². The molecule has 0 saturated heterocycles. The molecule has 2 N–H and O–H groups in total. The van der Waals surface area contributed by atoms with E-state index in [-0.39, 0.29) is 0 Å². The number of hydrogen-bond acceptors (Lipinski definition) is 3. The molecule has 0 radical (unpaired) electrons. The maximum atomic E-state index is 6.07. The molecule has 0 spiro atoms. The van der Waals surface area contributed by atoms with Gasteiger partial charge in [-0.25, -0.2) is 4.98 Å². The molecule has 0 bridgehead atoms. The van der Waals surface area contributed by atoms with Crippen molar-refractivity contribution in [3.63, 3.8) is 0 Å². The van der Waals surface area contributed by atoms with Crippen LogP contribution in [0.4, 0.5) is 0 Å². The van der Waals surface area contributed by atoms with E-state index in [1.165, 1.54) is 32.1 Å². The molecule has 15 heavy (non-hydrogen) atoms. The van der Waals surface area contributed by atoms with E-state index in [0.29, 0.717) is 17.6 Å². The minimum absolute atomic E-state index is 0.434. The van der Waals surface area contributed by atoms with Crippen LogP contribution in [0, 0.1) is 0 Å². The van der Waals surface area contributed by atoms with Crippen LogP contribution in [-0.2, 0) is 6.54 Å².